The Labute approximate surface area is 50.9 Å². The third kappa shape index (κ3) is 0.468. The van der Waals surface area contributed by atoms with Crippen LogP contribution in [0.3, 0.4) is 0 Å². The van der Waals surface area contributed by atoms with E-state index in [9.17, 15) is 0 Å². The highest BCUT2D eigenvalue weighted by Crippen LogP contribution is 2.65. The van der Waals surface area contributed by atoms with Crippen molar-refractivity contribution in [2.45, 2.75) is 18.7 Å². The van der Waals surface area contributed by atoms with Crippen LogP contribution in [0.5, 0.6) is 0 Å². The van der Waals surface area contributed by atoms with Crippen molar-refractivity contribution in [3.63, 3.8) is 0 Å². The van der Waals surface area contributed by atoms with Crippen LogP contribution in [0.15, 0.2) is 0 Å². The van der Waals surface area contributed by atoms with E-state index in [1.54, 1.807) is 0 Å². The molecule has 1 radical (unpaired) electrons. The molecule has 2 saturated carbocycles. The van der Waals surface area contributed by atoms with Crippen molar-refractivity contribution in [3.05, 3.63) is 0 Å². The summed E-state index contributed by atoms with van der Waals surface area (Å²) in [5.74, 6) is 3.11. The van der Waals surface area contributed by atoms with Crippen LogP contribution in [-0.2, 0) is 0 Å². The van der Waals surface area contributed by atoms with Crippen LogP contribution < -0.4 is 5.73 Å². The fourth-order valence-electron chi connectivity index (χ4n) is 1.92. The third-order valence-electron chi connectivity index (χ3n) is 2.64. The molecule has 0 amide bonds. The lowest BCUT2D eigenvalue weighted by molar-refractivity contribution is 0.468. The second kappa shape index (κ2) is 1.50. The van der Waals surface area contributed by atoms with Crippen molar-refractivity contribution in [3.8, 4) is 0 Å². The maximum absolute atomic E-state index is 5.37. The maximum Gasteiger partial charge on any atom is 0.132 e. The molecule has 1 nitrogen and oxygen atoms in total. The monoisotopic (exact) mass is 108 g/mol. The second-order valence-corrected chi connectivity index (χ2v) is 2.95. The van der Waals surface area contributed by atoms with E-state index in [2.05, 4.69) is 7.28 Å². The fraction of sp³-hybridized carbons (Fsp3) is 1.00. The number of hydrogen-bond acceptors (Lipinski definition) is 1. The van der Waals surface area contributed by atoms with Gasteiger partial charge in [0.25, 0.3) is 0 Å². The molecule has 2 N–H and O–H groups in total. The molecule has 0 bridgehead atoms. The molecule has 0 heterocycles. The molecular weight excluding hydrogens is 96.9 g/mol. The van der Waals surface area contributed by atoms with Gasteiger partial charge in [-0.2, -0.15) is 0 Å². The van der Waals surface area contributed by atoms with Gasteiger partial charge in [0.05, 0.1) is 0 Å². The van der Waals surface area contributed by atoms with E-state index < -0.39 is 0 Å². The quantitative estimate of drug-likeness (QED) is 0.510. The lowest BCUT2D eigenvalue weighted by atomic mass is 9.71. The van der Waals surface area contributed by atoms with Crippen molar-refractivity contribution in [1.29, 1.82) is 0 Å². The summed E-state index contributed by atoms with van der Waals surface area (Å²) < 4.78 is 0. The van der Waals surface area contributed by atoms with Crippen molar-refractivity contribution < 1.29 is 0 Å². The Morgan fingerprint density at radius 1 is 1.38 bits per heavy atom. The predicted molar refractivity (Wildman–Crippen MR) is 34.8 cm³/mol. The summed E-state index contributed by atoms with van der Waals surface area (Å²) in [6.07, 6.45) is 3.75. The molecular formula is C6H11BN. The van der Waals surface area contributed by atoms with E-state index >= 15 is 0 Å². The molecule has 0 saturated heterocycles. The average Bonchev–Trinajstić information content (AvgIpc) is 2.07. The highest BCUT2D eigenvalue weighted by Gasteiger charge is 2.54. The fourth-order valence-corrected chi connectivity index (χ4v) is 1.92. The van der Waals surface area contributed by atoms with Crippen molar-refractivity contribution >= 4 is 7.28 Å². The van der Waals surface area contributed by atoms with Gasteiger partial charge >= 0.3 is 0 Å². The van der Waals surface area contributed by atoms with E-state index in [1.165, 1.54) is 12.8 Å². The SMILES string of the molecule is NC[B]C1C2CCC12. The van der Waals surface area contributed by atoms with E-state index in [4.69, 9.17) is 5.73 Å². The van der Waals surface area contributed by atoms with Crippen LogP contribution in [0.2, 0.25) is 5.82 Å². The lowest BCUT2D eigenvalue weighted by Gasteiger charge is -2.05. The van der Waals surface area contributed by atoms with Crippen LogP contribution in [-0.4, -0.2) is 13.7 Å². The molecule has 2 aliphatic rings. The average molecular weight is 108 g/mol. The molecule has 2 fully saturated rings. The first-order valence-corrected chi connectivity index (χ1v) is 3.47. The summed E-state index contributed by atoms with van der Waals surface area (Å²) in [6.45, 7) is 0. The highest BCUT2D eigenvalue weighted by molar-refractivity contribution is 6.39. The Morgan fingerprint density at radius 3 is 2.38 bits per heavy atom. The molecule has 0 aromatic heterocycles. The molecule has 0 aliphatic heterocycles. The number of nitrogens with two attached hydrogens (primary N) is 1. The molecule has 2 rings (SSSR count). The molecule has 0 spiro atoms. The molecule has 2 aliphatic carbocycles. The number of hydrogen-bond donors (Lipinski definition) is 1. The first-order chi connectivity index (χ1) is 3.93. The summed E-state index contributed by atoms with van der Waals surface area (Å²) in [5, 5.41) is 0. The van der Waals surface area contributed by atoms with E-state index in [1.807, 2.05) is 0 Å². The van der Waals surface area contributed by atoms with Gasteiger partial charge in [0.1, 0.15) is 7.28 Å². The summed E-state index contributed by atoms with van der Waals surface area (Å²) in [5.41, 5.74) is 5.37. The summed E-state index contributed by atoms with van der Waals surface area (Å²) in [6, 6.07) is 0. The van der Waals surface area contributed by atoms with Crippen LogP contribution in [0, 0.1) is 11.8 Å². The van der Waals surface area contributed by atoms with Gasteiger partial charge in [0.15, 0.2) is 0 Å². The maximum atomic E-state index is 5.37. The molecule has 43 valence electrons. The van der Waals surface area contributed by atoms with Crippen LogP contribution >= 0.6 is 0 Å². The number of rotatable bonds is 2. The standard InChI is InChI=1S/C6H11BN/c8-3-7-6-4-1-2-5(4)6/h4-6H,1-3,8H2. The Bertz CT molecular complexity index is 94.7. The minimum atomic E-state index is 0.789. The Balaban J connectivity index is 1.79. The zero-order valence-corrected chi connectivity index (χ0v) is 5.01. The minimum absolute atomic E-state index is 0.789. The van der Waals surface area contributed by atoms with Gasteiger partial charge in [0.2, 0.25) is 0 Å². The van der Waals surface area contributed by atoms with E-state index in [0.717, 1.165) is 24.1 Å². The van der Waals surface area contributed by atoms with Gasteiger partial charge in [-0.15, -0.1) is 0 Å². The minimum Gasteiger partial charge on any atom is -0.338 e. The lowest BCUT2D eigenvalue weighted by Crippen LogP contribution is -2.08. The second-order valence-electron chi connectivity index (χ2n) is 2.95. The van der Waals surface area contributed by atoms with Gasteiger partial charge in [-0.1, -0.05) is 18.7 Å². The molecule has 0 aromatic carbocycles. The van der Waals surface area contributed by atoms with Gasteiger partial charge in [-0.05, 0) is 18.3 Å². The zero-order valence-electron chi connectivity index (χ0n) is 5.01. The molecule has 2 atom stereocenters. The van der Waals surface area contributed by atoms with Gasteiger partial charge < -0.3 is 5.73 Å². The van der Waals surface area contributed by atoms with Gasteiger partial charge in [-0.25, -0.2) is 0 Å². The number of fused-ring (bicyclic) bond motifs is 1. The van der Waals surface area contributed by atoms with E-state index in [0.29, 0.717) is 0 Å². The predicted octanol–water partition coefficient (Wildman–Crippen LogP) is 0.435. The summed E-state index contributed by atoms with van der Waals surface area (Å²) in [4.78, 5) is 0. The highest BCUT2D eigenvalue weighted by atomic mass is 14.6. The summed E-state index contributed by atoms with van der Waals surface area (Å²) in [7, 11) is 2.28. The topological polar surface area (TPSA) is 26.0 Å². The van der Waals surface area contributed by atoms with Crippen LogP contribution in [0.25, 0.3) is 0 Å². The van der Waals surface area contributed by atoms with Crippen molar-refractivity contribution in [2.24, 2.45) is 17.6 Å². The van der Waals surface area contributed by atoms with Gasteiger partial charge in [-0.3, -0.25) is 0 Å². The Hall–Kier alpha value is 0.0249. The van der Waals surface area contributed by atoms with Crippen molar-refractivity contribution in [2.75, 3.05) is 6.44 Å². The molecule has 0 aromatic rings. The molecule has 2 unspecified atom stereocenters. The third-order valence-corrected chi connectivity index (χ3v) is 2.64. The largest absolute Gasteiger partial charge is 0.338 e. The Kier molecular flexibility index (Phi) is 0.914. The first-order valence-electron chi connectivity index (χ1n) is 3.47. The summed E-state index contributed by atoms with van der Waals surface area (Å²) >= 11 is 0. The molecule has 2 heteroatoms. The van der Waals surface area contributed by atoms with E-state index in [-0.39, 0.29) is 0 Å². The Morgan fingerprint density at radius 2 is 2.00 bits per heavy atom. The first kappa shape index (κ1) is 4.86. The van der Waals surface area contributed by atoms with Crippen LogP contribution in [0.1, 0.15) is 12.8 Å². The zero-order chi connectivity index (χ0) is 5.56. The van der Waals surface area contributed by atoms with Crippen LogP contribution in [0.4, 0.5) is 0 Å². The van der Waals surface area contributed by atoms with Gasteiger partial charge in [0, 0.05) is 0 Å². The smallest absolute Gasteiger partial charge is 0.132 e. The molecule has 8 heavy (non-hydrogen) atoms. The normalized spacial score (nSPS) is 49.4. The van der Waals surface area contributed by atoms with Crippen molar-refractivity contribution in [1.82, 2.24) is 0 Å².